The highest BCUT2D eigenvalue weighted by Crippen LogP contribution is 2.29. The molecule has 0 aliphatic carbocycles. The topological polar surface area (TPSA) is 102 Å². The standard InChI is InChI=1S/C27H32N4O4/c1-17-25-27(33)29-24(16-20-13-14-22(34-3)23(15-20)35-4)30-31(25)26(28-17)21(18(2)32)12-8-11-19-9-6-5-7-10-19/h5-7,9-10,13-15,18,21,32H,8,11-12,16H2,1-4H3,(H,29,30,33)/t18?,21-/m1/s1. The molecule has 1 unspecified atom stereocenters. The lowest BCUT2D eigenvalue weighted by Crippen LogP contribution is -2.22. The molecule has 2 aromatic carbocycles. The largest absolute Gasteiger partial charge is 0.493 e. The van der Waals surface area contributed by atoms with E-state index in [1.807, 2.05) is 36.4 Å². The summed E-state index contributed by atoms with van der Waals surface area (Å²) in [6.07, 6.45) is 2.28. The lowest BCUT2D eigenvalue weighted by atomic mass is 9.94. The minimum Gasteiger partial charge on any atom is -0.493 e. The number of fused-ring (bicyclic) bond motifs is 1. The van der Waals surface area contributed by atoms with Crippen LogP contribution in [0.2, 0.25) is 0 Å². The number of aromatic amines is 1. The second-order valence-corrected chi connectivity index (χ2v) is 8.81. The lowest BCUT2D eigenvalue weighted by molar-refractivity contribution is 0.151. The van der Waals surface area contributed by atoms with Crippen LogP contribution in [0, 0.1) is 6.92 Å². The molecule has 0 aliphatic rings. The Morgan fingerprint density at radius 2 is 1.80 bits per heavy atom. The van der Waals surface area contributed by atoms with Gasteiger partial charge in [0.25, 0.3) is 5.56 Å². The number of benzene rings is 2. The number of imidazole rings is 1. The van der Waals surface area contributed by atoms with E-state index < -0.39 is 6.10 Å². The molecule has 0 radical (unpaired) electrons. The summed E-state index contributed by atoms with van der Waals surface area (Å²) in [7, 11) is 3.17. The number of nitrogens with one attached hydrogen (secondary N) is 1. The first-order valence-corrected chi connectivity index (χ1v) is 11.8. The third kappa shape index (κ3) is 5.38. The van der Waals surface area contributed by atoms with Crippen LogP contribution in [0.5, 0.6) is 11.5 Å². The maximum atomic E-state index is 13.0. The molecule has 184 valence electrons. The van der Waals surface area contributed by atoms with Gasteiger partial charge in [0.2, 0.25) is 0 Å². The lowest BCUT2D eigenvalue weighted by Gasteiger charge is -2.18. The van der Waals surface area contributed by atoms with Crippen molar-refractivity contribution in [2.45, 2.75) is 51.6 Å². The molecule has 0 fully saturated rings. The third-order valence-corrected chi connectivity index (χ3v) is 6.30. The number of aliphatic hydroxyl groups is 1. The highest BCUT2D eigenvalue weighted by Gasteiger charge is 2.25. The van der Waals surface area contributed by atoms with Crippen molar-refractivity contribution in [1.82, 2.24) is 19.6 Å². The van der Waals surface area contributed by atoms with Gasteiger partial charge >= 0.3 is 0 Å². The zero-order chi connectivity index (χ0) is 24.9. The predicted octanol–water partition coefficient (Wildman–Crippen LogP) is 3.82. The summed E-state index contributed by atoms with van der Waals surface area (Å²) in [6.45, 7) is 3.56. The molecule has 2 heterocycles. The van der Waals surface area contributed by atoms with Gasteiger partial charge in [-0.15, -0.1) is 0 Å². The predicted molar refractivity (Wildman–Crippen MR) is 134 cm³/mol. The van der Waals surface area contributed by atoms with Crippen molar-refractivity contribution < 1.29 is 14.6 Å². The fourth-order valence-corrected chi connectivity index (χ4v) is 4.50. The third-order valence-electron chi connectivity index (χ3n) is 6.30. The van der Waals surface area contributed by atoms with Gasteiger partial charge in [0.05, 0.1) is 26.0 Å². The zero-order valence-electron chi connectivity index (χ0n) is 20.6. The van der Waals surface area contributed by atoms with E-state index in [0.29, 0.717) is 40.8 Å². The van der Waals surface area contributed by atoms with Crippen LogP contribution < -0.4 is 15.0 Å². The van der Waals surface area contributed by atoms with Gasteiger partial charge in [0, 0.05) is 12.3 Å². The minimum absolute atomic E-state index is 0.247. The number of aryl methyl sites for hydroxylation is 2. The van der Waals surface area contributed by atoms with Gasteiger partial charge in [0.15, 0.2) is 17.0 Å². The summed E-state index contributed by atoms with van der Waals surface area (Å²) in [5, 5.41) is 15.4. The van der Waals surface area contributed by atoms with Crippen LogP contribution in [-0.4, -0.2) is 45.0 Å². The Hall–Kier alpha value is -3.65. The SMILES string of the molecule is COc1ccc(Cc2nn3c([C@H](CCCc4ccccc4)C(C)O)nc(C)c3c(=O)[nH]2)cc1OC. The maximum absolute atomic E-state index is 13.0. The molecule has 0 saturated carbocycles. The van der Waals surface area contributed by atoms with Crippen molar-refractivity contribution in [3.05, 3.63) is 87.4 Å². The van der Waals surface area contributed by atoms with Gasteiger partial charge in [-0.2, -0.15) is 5.10 Å². The monoisotopic (exact) mass is 476 g/mol. The van der Waals surface area contributed by atoms with Gasteiger partial charge in [0.1, 0.15) is 11.6 Å². The Balaban J connectivity index is 1.64. The first kappa shape index (κ1) is 24.5. The van der Waals surface area contributed by atoms with E-state index in [2.05, 4.69) is 22.1 Å². The molecule has 35 heavy (non-hydrogen) atoms. The molecule has 4 aromatic rings. The normalized spacial score (nSPS) is 13.1. The average molecular weight is 477 g/mol. The molecule has 0 amide bonds. The van der Waals surface area contributed by atoms with Gasteiger partial charge in [-0.3, -0.25) is 4.79 Å². The fraction of sp³-hybridized carbons (Fsp3) is 0.370. The number of H-pyrrole nitrogens is 1. The van der Waals surface area contributed by atoms with Crippen LogP contribution in [0.15, 0.2) is 53.3 Å². The quantitative estimate of drug-likeness (QED) is 0.361. The van der Waals surface area contributed by atoms with E-state index >= 15 is 0 Å². The molecule has 0 spiro atoms. The van der Waals surface area contributed by atoms with Gasteiger partial charge in [-0.1, -0.05) is 36.4 Å². The van der Waals surface area contributed by atoms with Gasteiger partial charge < -0.3 is 19.6 Å². The van der Waals surface area contributed by atoms with Crippen molar-refractivity contribution >= 4 is 5.52 Å². The van der Waals surface area contributed by atoms with Crippen molar-refractivity contribution in [1.29, 1.82) is 0 Å². The fourth-order valence-electron chi connectivity index (χ4n) is 4.50. The second kappa shape index (κ2) is 10.7. The van der Waals surface area contributed by atoms with E-state index in [1.54, 1.807) is 32.6 Å². The van der Waals surface area contributed by atoms with Crippen molar-refractivity contribution in [3.8, 4) is 11.5 Å². The average Bonchev–Trinajstić information content (AvgIpc) is 3.18. The van der Waals surface area contributed by atoms with E-state index in [-0.39, 0.29) is 11.5 Å². The number of hydrogen-bond acceptors (Lipinski definition) is 6. The molecule has 2 N–H and O–H groups in total. The molecule has 2 atom stereocenters. The molecular weight excluding hydrogens is 444 g/mol. The first-order chi connectivity index (χ1) is 16.9. The zero-order valence-corrected chi connectivity index (χ0v) is 20.6. The number of rotatable bonds is 10. The van der Waals surface area contributed by atoms with Crippen LogP contribution in [-0.2, 0) is 12.8 Å². The summed E-state index contributed by atoms with van der Waals surface area (Å²) in [5.74, 6) is 2.11. The van der Waals surface area contributed by atoms with E-state index in [9.17, 15) is 9.90 Å². The van der Waals surface area contributed by atoms with Gasteiger partial charge in [-0.25, -0.2) is 9.50 Å². The van der Waals surface area contributed by atoms with Crippen molar-refractivity contribution in [2.24, 2.45) is 0 Å². The van der Waals surface area contributed by atoms with Gasteiger partial charge in [-0.05, 0) is 56.4 Å². The minimum atomic E-state index is -0.633. The van der Waals surface area contributed by atoms with Crippen LogP contribution >= 0.6 is 0 Å². The van der Waals surface area contributed by atoms with Crippen LogP contribution in [0.4, 0.5) is 0 Å². The summed E-state index contributed by atoms with van der Waals surface area (Å²) in [5.41, 5.74) is 2.93. The maximum Gasteiger partial charge on any atom is 0.277 e. The Labute approximate surface area is 204 Å². The Morgan fingerprint density at radius 3 is 2.49 bits per heavy atom. The van der Waals surface area contributed by atoms with E-state index in [1.165, 1.54) is 5.56 Å². The first-order valence-electron chi connectivity index (χ1n) is 11.8. The number of aliphatic hydroxyl groups excluding tert-OH is 1. The Bertz CT molecular complexity index is 1340. The molecule has 4 rings (SSSR count). The summed E-state index contributed by atoms with van der Waals surface area (Å²) in [4.78, 5) is 20.5. The Kier molecular flexibility index (Phi) is 7.51. The highest BCUT2D eigenvalue weighted by molar-refractivity contribution is 5.50. The van der Waals surface area contributed by atoms with Crippen LogP contribution in [0.25, 0.3) is 5.52 Å². The number of nitrogens with zero attached hydrogens (tertiary/aromatic N) is 3. The molecule has 8 heteroatoms. The number of aromatic nitrogens is 4. The van der Waals surface area contributed by atoms with E-state index in [4.69, 9.17) is 14.6 Å². The molecule has 8 nitrogen and oxygen atoms in total. The number of methoxy groups -OCH3 is 2. The number of ether oxygens (including phenoxy) is 2. The second-order valence-electron chi connectivity index (χ2n) is 8.81. The summed E-state index contributed by atoms with van der Waals surface area (Å²) in [6, 6.07) is 15.9. The van der Waals surface area contributed by atoms with Crippen molar-refractivity contribution in [3.63, 3.8) is 0 Å². The molecule has 0 saturated heterocycles. The Morgan fingerprint density at radius 1 is 1.06 bits per heavy atom. The smallest absolute Gasteiger partial charge is 0.277 e. The summed E-state index contributed by atoms with van der Waals surface area (Å²) >= 11 is 0. The molecular formula is C27H32N4O4. The molecule has 0 bridgehead atoms. The van der Waals surface area contributed by atoms with E-state index in [0.717, 1.165) is 24.8 Å². The van der Waals surface area contributed by atoms with Crippen LogP contribution in [0.1, 0.15) is 54.2 Å². The van der Waals surface area contributed by atoms with Crippen LogP contribution in [0.3, 0.4) is 0 Å². The molecule has 0 aliphatic heterocycles. The number of hydrogen-bond donors (Lipinski definition) is 2. The highest BCUT2D eigenvalue weighted by atomic mass is 16.5. The van der Waals surface area contributed by atoms with Crippen molar-refractivity contribution in [2.75, 3.05) is 14.2 Å². The summed E-state index contributed by atoms with van der Waals surface area (Å²) < 4.78 is 12.3. The molecule has 2 aromatic heterocycles.